The van der Waals surface area contributed by atoms with Gasteiger partial charge in [0.05, 0.1) is 0 Å². The number of likely N-dealkylation sites (tertiary alicyclic amines) is 2. The molecule has 40 heavy (non-hydrogen) atoms. The number of benzene rings is 2. The first-order chi connectivity index (χ1) is 19.5. The van der Waals surface area contributed by atoms with Gasteiger partial charge >= 0.3 is 0 Å². The Morgan fingerprint density at radius 3 is 2.40 bits per heavy atom. The van der Waals surface area contributed by atoms with Crippen LogP contribution < -0.4 is 0 Å². The number of pyridine rings is 1. The van der Waals surface area contributed by atoms with E-state index in [1.807, 2.05) is 35.4 Å². The Labute approximate surface area is 236 Å². The largest absolute Gasteiger partial charge is 0.339 e. The molecule has 3 aliphatic rings. The zero-order valence-electron chi connectivity index (χ0n) is 23.7. The van der Waals surface area contributed by atoms with Gasteiger partial charge in [-0.1, -0.05) is 30.3 Å². The van der Waals surface area contributed by atoms with Crippen LogP contribution in [0.25, 0.3) is 33.4 Å². The number of hydrogen-bond acceptors (Lipinski definition) is 4. The predicted octanol–water partition coefficient (Wildman–Crippen LogP) is 6.65. The molecular weight excluding hydrogens is 494 g/mol. The number of rotatable bonds is 4. The Morgan fingerprint density at radius 1 is 0.900 bits per heavy atom. The molecule has 1 amide bonds. The number of carbonyl (C=O) groups excluding carboxylic acids is 1. The van der Waals surface area contributed by atoms with Crippen molar-refractivity contribution in [2.24, 2.45) is 0 Å². The van der Waals surface area contributed by atoms with Gasteiger partial charge in [-0.15, -0.1) is 0 Å². The highest BCUT2D eigenvalue weighted by molar-refractivity contribution is 5.96. The van der Waals surface area contributed by atoms with Gasteiger partial charge in [-0.2, -0.15) is 5.10 Å². The Bertz CT molecular complexity index is 1550. The van der Waals surface area contributed by atoms with Crippen molar-refractivity contribution < 1.29 is 4.79 Å². The van der Waals surface area contributed by atoms with Crippen LogP contribution >= 0.6 is 0 Å². The van der Waals surface area contributed by atoms with E-state index in [0.29, 0.717) is 6.04 Å². The van der Waals surface area contributed by atoms with Crippen molar-refractivity contribution in [2.45, 2.75) is 76.8 Å². The second kappa shape index (κ2) is 10.2. The van der Waals surface area contributed by atoms with E-state index in [-0.39, 0.29) is 11.4 Å². The zero-order valence-corrected chi connectivity index (χ0v) is 23.7. The molecule has 1 unspecified atom stereocenters. The van der Waals surface area contributed by atoms with Gasteiger partial charge in [-0.05, 0) is 107 Å². The lowest BCUT2D eigenvalue weighted by Gasteiger charge is -2.41. The summed E-state index contributed by atoms with van der Waals surface area (Å²) in [7, 11) is 0. The van der Waals surface area contributed by atoms with Crippen LogP contribution in [-0.2, 0) is 12.8 Å². The lowest BCUT2D eigenvalue weighted by Crippen LogP contribution is -2.48. The summed E-state index contributed by atoms with van der Waals surface area (Å²) < 4.78 is 0. The van der Waals surface area contributed by atoms with E-state index < -0.39 is 0 Å². The van der Waals surface area contributed by atoms with E-state index in [1.54, 1.807) is 0 Å². The molecule has 6 nitrogen and oxygen atoms in total. The van der Waals surface area contributed by atoms with Crippen molar-refractivity contribution in [1.29, 1.82) is 0 Å². The molecule has 1 aliphatic carbocycles. The molecule has 1 N–H and O–H groups in total. The third-order valence-corrected chi connectivity index (χ3v) is 9.87. The van der Waals surface area contributed by atoms with E-state index in [9.17, 15) is 4.79 Å². The molecule has 2 aliphatic heterocycles. The van der Waals surface area contributed by atoms with Crippen molar-refractivity contribution in [3.63, 3.8) is 0 Å². The normalized spacial score (nSPS) is 23.4. The van der Waals surface area contributed by atoms with Crippen LogP contribution in [0.15, 0.2) is 54.7 Å². The molecule has 2 aromatic carbocycles. The minimum atomic E-state index is 0.123. The molecule has 2 atom stereocenters. The number of amides is 1. The van der Waals surface area contributed by atoms with Crippen molar-refractivity contribution in [2.75, 3.05) is 19.6 Å². The van der Waals surface area contributed by atoms with Crippen molar-refractivity contribution in [3.8, 4) is 22.4 Å². The number of hydrogen-bond donors (Lipinski definition) is 1. The van der Waals surface area contributed by atoms with Gasteiger partial charge in [0.2, 0.25) is 0 Å². The number of aryl methyl sites for hydroxylation is 2. The summed E-state index contributed by atoms with van der Waals surface area (Å²) >= 11 is 0. The Morgan fingerprint density at radius 2 is 1.65 bits per heavy atom. The van der Waals surface area contributed by atoms with E-state index in [1.165, 1.54) is 48.9 Å². The minimum absolute atomic E-state index is 0.123. The number of nitrogens with zero attached hydrogens (tertiary/aromatic N) is 4. The average Bonchev–Trinajstić information content (AvgIpc) is 3.74. The highest BCUT2D eigenvalue weighted by Gasteiger charge is 2.38. The van der Waals surface area contributed by atoms with Gasteiger partial charge in [-0.25, -0.2) is 4.98 Å². The lowest BCUT2D eigenvalue weighted by molar-refractivity contribution is 0.0792. The second-order valence-corrected chi connectivity index (χ2v) is 12.4. The minimum Gasteiger partial charge on any atom is -0.339 e. The van der Waals surface area contributed by atoms with Crippen molar-refractivity contribution in [1.82, 2.24) is 25.0 Å². The van der Waals surface area contributed by atoms with Crippen LogP contribution in [0, 0.1) is 0 Å². The van der Waals surface area contributed by atoms with E-state index >= 15 is 0 Å². The summed E-state index contributed by atoms with van der Waals surface area (Å²) in [6, 6.07) is 17.8. The molecule has 206 valence electrons. The molecular formula is C34H39N5O. The topological polar surface area (TPSA) is 65.1 Å². The average molecular weight is 534 g/mol. The van der Waals surface area contributed by atoms with Gasteiger partial charge < -0.3 is 4.90 Å². The summed E-state index contributed by atoms with van der Waals surface area (Å²) in [5.74, 6) is 0.123. The predicted molar refractivity (Wildman–Crippen MR) is 160 cm³/mol. The number of fused-ring (bicyclic) bond motifs is 2. The van der Waals surface area contributed by atoms with Gasteiger partial charge in [0.15, 0.2) is 5.65 Å². The SMILES string of the molecule is C[C@@H]1CCCN1C1(C)CCc2ccc(-c3cnc4[nH]nc(-c5ccc(C(=O)N6CCCC6)cc5)c4c3)cc2CC1. The summed E-state index contributed by atoms with van der Waals surface area (Å²) in [6.45, 7) is 7.87. The molecule has 0 spiro atoms. The number of carbonyl (C=O) groups is 1. The summed E-state index contributed by atoms with van der Waals surface area (Å²) in [4.78, 5) is 22.3. The fourth-order valence-corrected chi connectivity index (χ4v) is 7.39. The first-order valence-electron chi connectivity index (χ1n) is 15.1. The third kappa shape index (κ3) is 4.52. The van der Waals surface area contributed by atoms with Gasteiger partial charge in [-0.3, -0.25) is 14.8 Å². The van der Waals surface area contributed by atoms with E-state index in [0.717, 1.165) is 72.2 Å². The standard InChI is InChI=1S/C34H39N5O/c1-23-6-5-19-39(23)34(2)15-13-24-7-12-27(20-28(24)14-16-34)29-21-30-31(36-37-32(30)35-22-29)25-8-10-26(11-9-25)33(40)38-17-3-4-18-38/h7-12,20-23H,3-6,13-19H2,1-2H3,(H,35,36,37)/t23-,34?/m1/s1. The van der Waals surface area contributed by atoms with Crippen LogP contribution in [0.3, 0.4) is 0 Å². The smallest absolute Gasteiger partial charge is 0.253 e. The number of aromatic amines is 1. The molecule has 0 bridgehead atoms. The highest BCUT2D eigenvalue weighted by atomic mass is 16.2. The fourth-order valence-electron chi connectivity index (χ4n) is 7.39. The molecule has 2 aromatic heterocycles. The summed E-state index contributed by atoms with van der Waals surface area (Å²) in [5, 5.41) is 8.71. The quantitative estimate of drug-likeness (QED) is 0.298. The van der Waals surface area contributed by atoms with Crippen LogP contribution in [0.5, 0.6) is 0 Å². The molecule has 2 fully saturated rings. The lowest BCUT2D eigenvalue weighted by atomic mass is 9.89. The highest BCUT2D eigenvalue weighted by Crippen LogP contribution is 2.38. The third-order valence-electron chi connectivity index (χ3n) is 9.87. The molecule has 7 rings (SSSR count). The number of aromatic nitrogens is 3. The molecule has 4 heterocycles. The fraction of sp³-hybridized carbons (Fsp3) is 0.441. The molecule has 2 saturated heterocycles. The second-order valence-electron chi connectivity index (χ2n) is 12.4. The van der Waals surface area contributed by atoms with Crippen LogP contribution in [0.1, 0.15) is 73.9 Å². The maximum atomic E-state index is 12.8. The maximum Gasteiger partial charge on any atom is 0.253 e. The Kier molecular flexibility index (Phi) is 6.46. The molecule has 0 radical (unpaired) electrons. The van der Waals surface area contributed by atoms with Gasteiger partial charge in [0.1, 0.15) is 5.69 Å². The molecule has 0 saturated carbocycles. The first-order valence-corrected chi connectivity index (χ1v) is 15.1. The van der Waals surface area contributed by atoms with Gasteiger partial charge in [0, 0.05) is 52.9 Å². The summed E-state index contributed by atoms with van der Waals surface area (Å²) in [5.41, 5.74) is 8.97. The number of H-pyrrole nitrogens is 1. The first kappa shape index (κ1) is 25.5. The van der Waals surface area contributed by atoms with Gasteiger partial charge in [0.25, 0.3) is 5.91 Å². The Balaban J connectivity index is 1.15. The zero-order chi connectivity index (χ0) is 27.3. The van der Waals surface area contributed by atoms with E-state index in [4.69, 9.17) is 4.98 Å². The maximum absolute atomic E-state index is 12.8. The van der Waals surface area contributed by atoms with Crippen molar-refractivity contribution in [3.05, 3.63) is 71.4 Å². The van der Waals surface area contributed by atoms with Crippen LogP contribution in [0.4, 0.5) is 0 Å². The summed E-state index contributed by atoms with van der Waals surface area (Å²) in [6.07, 6.45) is 11.5. The number of nitrogens with one attached hydrogen (secondary N) is 1. The molecule has 6 heteroatoms. The Hall–Kier alpha value is -3.51. The van der Waals surface area contributed by atoms with Crippen LogP contribution in [-0.4, -0.2) is 62.1 Å². The van der Waals surface area contributed by atoms with Crippen molar-refractivity contribution >= 4 is 16.9 Å². The van der Waals surface area contributed by atoms with Crippen LogP contribution in [0.2, 0.25) is 0 Å². The molecule has 4 aromatic rings. The monoisotopic (exact) mass is 533 g/mol. The van der Waals surface area contributed by atoms with E-state index in [2.05, 4.69) is 53.2 Å².